The SMILES string of the molecule is CCCc1cc(NCc2cccc(CN)c2)ncn1. The summed E-state index contributed by atoms with van der Waals surface area (Å²) in [6.45, 7) is 3.46. The van der Waals surface area contributed by atoms with Crippen molar-refractivity contribution in [2.75, 3.05) is 5.32 Å². The number of nitrogens with one attached hydrogen (secondary N) is 1. The molecule has 0 fully saturated rings. The Morgan fingerprint density at radius 1 is 1.16 bits per heavy atom. The molecule has 1 aromatic heterocycles. The second kappa shape index (κ2) is 6.85. The van der Waals surface area contributed by atoms with Gasteiger partial charge in [0.25, 0.3) is 0 Å². The standard InChI is InChI=1S/C15H20N4/c1-2-4-14-8-15(19-11-18-14)17-10-13-6-3-5-12(7-13)9-16/h3,5-8,11H,2,4,9-10,16H2,1H3,(H,17,18,19). The van der Waals surface area contributed by atoms with Crippen molar-refractivity contribution in [2.45, 2.75) is 32.9 Å². The van der Waals surface area contributed by atoms with E-state index in [0.29, 0.717) is 6.54 Å². The zero-order chi connectivity index (χ0) is 13.5. The topological polar surface area (TPSA) is 63.8 Å². The Balaban J connectivity index is 1.99. The number of hydrogen-bond donors (Lipinski definition) is 2. The molecule has 0 aliphatic carbocycles. The monoisotopic (exact) mass is 256 g/mol. The van der Waals surface area contributed by atoms with E-state index in [9.17, 15) is 0 Å². The molecular formula is C15H20N4. The lowest BCUT2D eigenvalue weighted by Crippen LogP contribution is -2.04. The molecule has 0 radical (unpaired) electrons. The van der Waals surface area contributed by atoms with E-state index in [4.69, 9.17) is 5.73 Å². The van der Waals surface area contributed by atoms with Gasteiger partial charge in [-0.15, -0.1) is 0 Å². The Kier molecular flexibility index (Phi) is 4.86. The normalized spacial score (nSPS) is 10.4. The first-order valence-electron chi connectivity index (χ1n) is 6.64. The summed E-state index contributed by atoms with van der Waals surface area (Å²) in [5, 5.41) is 3.32. The van der Waals surface area contributed by atoms with Gasteiger partial charge in [0.1, 0.15) is 12.1 Å². The maximum atomic E-state index is 5.64. The Bertz CT molecular complexity index is 525. The Hall–Kier alpha value is -1.94. The molecule has 0 bridgehead atoms. The van der Waals surface area contributed by atoms with Gasteiger partial charge in [-0.1, -0.05) is 37.6 Å². The van der Waals surface area contributed by atoms with Crippen LogP contribution < -0.4 is 11.1 Å². The summed E-state index contributed by atoms with van der Waals surface area (Å²) >= 11 is 0. The van der Waals surface area contributed by atoms with E-state index in [-0.39, 0.29) is 0 Å². The van der Waals surface area contributed by atoms with Crippen molar-refractivity contribution in [3.8, 4) is 0 Å². The number of hydrogen-bond acceptors (Lipinski definition) is 4. The van der Waals surface area contributed by atoms with Crippen LogP contribution in [0.15, 0.2) is 36.7 Å². The fraction of sp³-hybridized carbons (Fsp3) is 0.333. The molecule has 0 saturated heterocycles. The van der Waals surface area contributed by atoms with Gasteiger partial charge in [0.05, 0.1) is 0 Å². The van der Waals surface area contributed by atoms with Crippen LogP contribution in [-0.2, 0) is 19.5 Å². The lowest BCUT2D eigenvalue weighted by atomic mass is 10.1. The fourth-order valence-electron chi connectivity index (χ4n) is 1.95. The molecule has 0 unspecified atom stereocenters. The zero-order valence-corrected chi connectivity index (χ0v) is 11.3. The van der Waals surface area contributed by atoms with Gasteiger partial charge in [-0.25, -0.2) is 9.97 Å². The maximum Gasteiger partial charge on any atom is 0.129 e. The van der Waals surface area contributed by atoms with Gasteiger partial charge in [0, 0.05) is 24.8 Å². The largest absolute Gasteiger partial charge is 0.366 e. The molecule has 4 heteroatoms. The van der Waals surface area contributed by atoms with E-state index >= 15 is 0 Å². The minimum atomic E-state index is 0.571. The summed E-state index contributed by atoms with van der Waals surface area (Å²) in [4.78, 5) is 8.48. The molecule has 100 valence electrons. The molecule has 0 spiro atoms. The van der Waals surface area contributed by atoms with Crippen LogP contribution in [0.2, 0.25) is 0 Å². The minimum absolute atomic E-state index is 0.571. The smallest absolute Gasteiger partial charge is 0.129 e. The number of benzene rings is 1. The van der Waals surface area contributed by atoms with Gasteiger partial charge in [0.2, 0.25) is 0 Å². The first-order valence-corrected chi connectivity index (χ1v) is 6.64. The van der Waals surface area contributed by atoms with Gasteiger partial charge in [-0.2, -0.15) is 0 Å². The van der Waals surface area contributed by atoms with Crippen molar-refractivity contribution in [3.05, 3.63) is 53.5 Å². The molecule has 0 saturated carbocycles. The molecule has 0 amide bonds. The summed E-state index contributed by atoms with van der Waals surface area (Å²) in [6.07, 6.45) is 3.69. The number of anilines is 1. The Labute approximate surface area is 114 Å². The second-order valence-electron chi connectivity index (χ2n) is 4.52. The summed E-state index contributed by atoms with van der Waals surface area (Å²) in [5.74, 6) is 0.872. The van der Waals surface area contributed by atoms with Crippen molar-refractivity contribution in [3.63, 3.8) is 0 Å². The molecule has 4 nitrogen and oxygen atoms in total. The van der Waals surface area contributed by atoms with Gasteiger partial charge in [-0.05, 0) is 17.5 Å². The van der Waals surface area contributed by atoms with Crippen LogP contribution in [0.1, 0.15) is 30.2 Å². The van der Waals surface area contributed by atoms with Crippen molar-refractivity contribution in [1.29, 1.82) is 0 Å². The molecule has 1 heterocycles. The third kappa shape index (κ3) is 4.03. The van der Waals surface area contributed by atoms with E-state index in [1.165, 1.54) is 5.56 Å². The molecule has 0 aliphatic rings. The molecular weight excluding hydrogens is 236 g/mol. The van der Waals surface area contributed by atoms with E-state index in [2.05, 4.69) is 34.3 Å². The first kappa shape index (κ1) is 13.5. The molecule has 0 aliphatic heterocycles. The fourth-order valence-corrected chi connectivity index (χ4v) is 1.95. The van der Waals surface area contributed by atoms with Crippen molar-refractivity contribution in [2.24, 2.45) is 5.73 Å². The van der Waals surface area contributed by atoms with Gasteiger partial charge in [0.15, 0.2) is 0 Å². The number of nitrogens with two attached hydrogens (primary N) is 1. The number of aryl methyl sites for hydroxylation is 1. The van der Waals surface area contributed by atoms with E-state index in [1.807, 2.05) is 18.2 Å². The van der Waals surface area contributed by atoms with Crippen LogP contribution in [0.4, 0.5) is 5.82 Å². The lowest BCUT2D eigenvalue weighted by Gasteiger charge is -2.08. The van der Waals surface area contributed by atoms with E-state index < -0.39 is 0 Å². The minimum Gasteiger partial charge on any atom is -0.366 e. The number of rotatable bonds is 6. The molecule has 2 aromatic rings. The average Bonchev–Trinajstić information content (AvgIpc) is 2.46. The summed E-state index contributed by atoms with van der Waals surface area (Å²) < 4.78 is 0. The van der Waals surface area contributed by atoms with E-state index in [1.54, 1.807) is 6.33 Å². The van der Waals surface area contributed by atoms with E-state index in [0.717, 1.165) is 36.5 Å². The summed E-state index contributed by atoms with van der Waals surface area (Å²) in [5.41, 5.74) is 9.07. The van der Waals surface area contributed by atoms with Crippen LogP contribution in [0.5, 0.6) is 0 Å². The van der Waals surface area contributed by atoms with Crippen LogP contribution in [0.3, 0.4) is 0 Å². The summed E-state index contributed by atoms with van der Waals surface area (Å²) in [7, 11) is 0. The van der Waals surface area contributed by atoms with Gasteiger partial charge in [-0.3, -0.25) is 0 Å². The maximum absolute atomic E-state index is 5.64. The molecule has 2 rings (SSSR count). The van der Waals surface area contributed by atoms with Crippen molar-refractivity contribution < 1.29 is 0 Å². The molecule has 3 N–H and O–H groups in total. The van der Waals surface area contributed by atoms with Crippen LogP contribution in [-0.4, -0.2) is 9.97 Å². The quantitative estimate of drug-likeness (QED) is 0.833. The highest BCUT2D eigenvalue weighted by molar-refractivity contribution is 5.36. The predicted molar refractivity (Wildman–Crippen MR) is 77.7 cm³/mol. The zero-order valence-electron chi connectivity index (χ0n) is 11.3. The first-order chi connectivity index (χ1) is 9.31. The molecule has 19 heavy (non-hydrogen) atoms. The molecule has 1 aromatic carbocycles. The highest BCUT2D eigenvalue weighted by atomic mass is 15.0. The third-order valence-electron chi connectivity index (χ3n) is 2.93. The summed E-state index contributed by atoms with van der Waals surface area (Å²) in [6, 6.07) is 10.3. The van der Waals surface area contributed by atoms with Crippen molar-refractivity contribution >= 4 is 5.82 Å². The van der Waals surface area contributed by atoms with Crippen LogP contribution in [0, 0.1) is 0 Å². The second-order valence-corrected chi connectivity index (χ2v) is 4.52. The highest BCUT2D eigenvalue weighted by Gasteiger charge is 1.99. The predicted octanol–water partition coefficient (Wildman–Crippen LogP) is 2.50. The van der Waals surface area contributed by atoms with Gasteiger partial charge >= 0.3 is 0 Å². The van der Waals surface area contributed by atoms with Crippen LogP contribution in [0.25, 0.3) is 0 Å². The highest BCUT2D eigenvalue weighted by Crippen LogP contribution is 2.10. The van der Waals surface area contributed by atoms with Crippen molar-refractivity contribution in [1.82, 2.24) is 9.97 Å². The average molecular weight is 256 g/mol. The van der Waals surface area contributed by atoms with Crippen LogP contribution >= 0.6 is 0 Å². The molecule has 0 atom stereocenters. The Morgan fingerprint density at radius 3 is 2.79 bits per heavy atom. The van der Waals surface area contributed by atoms with Gasteiger partial charge < -0.3 is 11.1 Å². The lowest BCUT2D eigenvalue weighted by molar-refractivity contribution is 0.871. The number of aromatic nitrogens is 2. The Morgan fingerprint density at radius 2 is 2.00 bits per heavy atom. The number of nitrogens with zero attached hydrogens (tertiary/aromatic N) is 2. The third-order valence-corrected chi connectivity index (χ3v) is 2.93.